The highest BCUT2D eigenvalue weighted by atomic mass is 15.0. The van der Waals surface area contributed by atoms with Crippen LogP contribution in [0.3, 0.4) is 0 Å². The quantitative estimate of drug-likeness (QED) is 0.657. The van der Waals surface area contributed by atoms with Crippen molar-refractivity contribution in [2.75, 3.05) is 0 Å². The number of rotatable bonds is 3. The van der Waals surface area contributed by atoms with Crippen LogP contribution in [0.2, 0.25) is 0 Å². The van der Waals surface area contributed by atoms with E-state index in [2.05, 4.69) is 39.1 Å². The summed E-state index contributed by atoms with van der Waals surface area (Å²) in [7, 11) is 0. The molecule has 11 heavy (non-hydrogen) atoms. The Morgan fingerprint density at radius 1 is 1.45 bits per heavy atom. The molecule has 1 aliphatic rings. The topological polar surface area (TPSA) is 12.0 Å². The fourth-order valence-electron chi connectivity index (χ4n) is 1.29. The number of allylic oxidation sites excluding steroid dienone is 2. The Morgan fingerprint density at radius 2 is 2.09 bits per heavy atom. The first kappa shape index (κ1) is 8.63. The fraction of sp³-hybridized carbons (Fsp3) is 0.800. The molecule has 1 heteroatoms. The van der Waals surface area contributed by atoms with Crippen LogP contribution < -0.4 is 5.32 Å². The zero-order chi connectivity index (χ0) is 8.48. The van der Waals surface area contributed by atoms with Crippen LogP contribution in [0, 0.1) is 5.92 Å². The Hall–Kier alpha value is -0.460. The molecular formula is C10H19N. The van der Waals surface area contributed by atoms with E-state index in [4.69, 9.17) is 0 Å². The Morgan fingerprint density at radius 3 is 2.55 bits per heavy atom. The molecule has 0 heterocycles. The van der Waals surface area contributed by atoms with Gasteiger partial charge in [0.25, 0.3) is 0 Å². The van der Waals surface area contributed by atoms with Crippen LogP contribution in [0.4, 0.5) is 0 Å². The third-order valence-corrected chi connectivity index (χ3v) is 1.79. The molecule has 64 valence electrons. The van der Waals surface area contributed by atoms with Gasteiger partial charge >= 0.3 is 0 Å². The van der Waals surface area contributed by atoms with Crippen LogP contribution in [0.15, 0.2) is 11.8 Å². The molecule has 0 spiro atoms. The lowest BCUT2D eigenvalue weighted by Gasteiger charge is -2.20. The molecule has 0 aliphatic heterocycles. The lowest BCUT2D eigenvalue weighted by atomic mass is 10.1. The molecule has 1 atom stereocenters. The van der Waals surface area contributed by atoms with Crippen molar-refractivity contribution in [3.05, 3.63) is 11.8 Å². The first-order valence-corrected chi connectivity index (χ1v) is 4.53. The summed E-state index contributed by atoms with van der Waals surface area (Å²) in [5, 5.41) is 3.49. The molecule has 0 fully saturated rings. The van der Waals surface area contributed by atoms with Crippen molar-refractivity contribution in [3.8, 4) is 0 Å². The predicted octanol–water partition coefficient (Wildman–Crippen LogP) is 2.69. The molecule has 0 aromatic heterocycles. The van der Waals surface area contributed by atoms with Crippen molar-refractivity contribution < 1.29 is 0 Å². The van der Waals surface area contributed by atoms with E-state index in [1.165, 1.54) is 18.5 Å². The van der Waals surface area contributed by atoms with Crippen LogP contribution in [0.25, 0.3) is 0 Å². The van der Waals surface area contributed by atoms with E-state index in [1.54, 1.807) is 0 Å². The Balaban J connectivity index is 2.18. The van der Waals surface area contributed by atoms with E-state index in [9.17, 15) is 0 Å². The maximum Gasteiger partial charge on any atom is 0.0286 e. The van der Waals surface area contributed by atoms with Crippen LogP contribution in [-0.4, -0.2) is 5.54 Å². The lowest BCUT2D eigenvalue weighted by molar-refractivity contribution is 0.467. The molecule has 0 aromatic rings. The predicted molar refractivity (Wildman–Crippen MR) is 49.4 cm³/mol. The second kappa shape index (κ2) is 2.88. The van der Waals surface area contributed by atoms with E-state index < -0.39 is 0 Å². The van der Waals surface area contributed by atoms with Gasteiger partial charge in [0, 0.05) is 17.2 Å². The molecule has 0 bridgehead atoms. The Labute approximate surface area is 69.9 Å². The molecule has 0 saturated carbocycles. The average molecular weight is 153 g/mol. The van der Waals surface area contributed by atoms with Gasteiger partial charge in [0.1, 0.15) is 0 Å². The lowest BCUT2D eigenvalue weighted by Crippen LogP contribution is -2.33. The minimum atomic E-state index is 0.244. The average Bonchev–Trinajstić information content (AvgIpc) is 2.44. The molecule has 1 N–H and O–H groups in total. The zero-order valence-corrected chi connectivity index (χ0v) is 8.07. The molecule has 1 nitrogen and oxygen atoms in total. The Kier molecular flexibility index (Phi) is 2.26. The molecule has 0 amide bonds. The third-order valence-electron chi connectivity index (χ3n) is 1.79. The van der Waals surface area contributed by atoms with Gasteiger partial charge in [0.2, 0.25) is 0 Å². The van der Waals surface area contributed by atoms with Gasteiger partial charge in [0.05, 0.1) is 0 Å². The highest BCUT2D eigenvalue weighted by molar-refractivity contribution is 5.28. The highest BCUT2D eigenvalue weighted by Gasteiger charge is 2.26. The van der Waals surface area contributed by atoms with E-state index in [0.717, 1.165) is 5.92 Å². The van der Waals surface area contributed by atoms with Crippen molar-refractivity contribution in [3.63, 3.8) is 0 Å². The summed E-state index contributed by atoms with van der Waals surface area (Å²) in [5.41, 5.74) is 1.70. The van der Waals surface area contributed by atoms with Crippen LogP contribution in [0.5, 0.6) is 0 Å². The molecule has 1 rings (SSSR count). The van der Waals surface area contributed by atoms with E-state index in [0.29, 0.717) is 0 Å². The third kappa shape index (κ3) is 2.96. The monoisotopic (exact) mass is 153 g/mol. The van der Waals surface area contributed by atoms with Gasteiger partial charge < -0.3 is 5.32 Å². The van der Waals surface area contributed by atoms with Gasteiger partial charge in [-0.15, -0.1) is 0 Å². The molecule has 1 aliphatic carbocycles. The van der Waals surface area contributed by atoms with Crippen molar-refractivity contribution in [2.24, 2.45) is 5.92 Å². The second-order valence-electron chi connectivity index (χ2n) is 4.39. The van der Waals surface area contributed by atoms with Crippen molar-refractivity contribution in [1.29, 1.82) is 0 Å². The smallest absolute Gasteiger partial charge is 0.0286 e. The number of hydrogen-bond acceptors (Lipinski definition) is 1. The first-order valence-electron chi connectivity index (χ1n) is 4.53. The van der Waals surface area contributed by atoms with E-state index in [-0.39, 0.29) is 5.54 Å². The molecule has 0 radical (unpaired) electrons. The minimum absolute atomic E-state index is 0.244. The van der Waals surface area contributed by atoms with Crippen molar-refractivity contribution in [1.82, 2.24) is 5.32 Å². The Bertz CT molecular complexity index is 162. The summed E-state index contributed by atoms with van der Waals surface area (Å²) in [6, 6.07) is 0. The van der Waals surface area contributed by atoms with Gasteiger partial charge in [-0.3, -0.25) is 0 Å². The van der Waals surface area contributed by atoms with Gasteiger partial charge in [-0.2, -0.15) is 0 Å². The van der Waals surface area contributed by atoms with Gasteiger partial charge in [0.15, 0.2) is 0 Å². The fourth-order valence-corrected chi connectivity index (χ4v) is 1.29. The normalized spacial score (nSPS) is 22.9. The standard InChI is InChI=1S/C10H19N/c1-5-6-8-7-9(8)11-10(2,3)4/h7-8,11H,5-6H2,1-4H3. The summed E-state index contributed by atoms with van der Waals surface area (Å²) in [6.07, 6.45) is 4.93. The minimum Gasteiger partial charge on any atom is -0.383 e. The second-order valence-corrected chi connectivity index (χ2v) is 4.39. The highest BCUT2D eigenvalue weighted by Crippen LogP contribution is 2.31. The van der Waals surface area contributed by atoms with E-state index >= 15 is 0 Å². The van der Waals surface area contributed by atoms with Crippen LogP contribution in [-0.2, 0) is 0 Å². The summed E-state index contributed by atoms with van der Waals surface area (Å²) in [4.78, 5) is 0. The summed E-state index contributed by atoms with van der Waals surface area (Å²) < 4.78 is 0. The zero-order valence-electron chi connectivity index (χ0n) is 8.07. The maximum absolute atomic E-state index is 3.49. The summed E-state index contributed by atoms with van der Waals surface area (Å²) in [6.45, 7) is 8.85. The van der Waals surface area contributed by atoms with Crippen molar-refractivity contribution in [2.45, 2.75) is 46.1 Å². The first-order chi connectivity index (χ1) is 5.03. The van der Waals surface area contributed by atoms with Gasteiger partial charge in [-0.1, -0.05) is 19.4 Å². The van der Waals surface area contributed by atoms with Crippen LogP contribution >= 0.6 is 0 Å². The summed E-state index contributed by atoms with van der Waals surface area (Å²) >= 11 is 0. The SMILES string of the molecule is CCCC1C=C1NC(C)(C)C. The maximum atomic E-state index is 3.49. The van der Waals surface area contributed by atoms with Gasteiger partial charge in [-0.25, -0.2) is 0 Å². The molecule has 1 unspecified atom stereocenters. The van der Waals surface area contributed by atoms with Crippen molar-refractivity contribution >= 4 is 0 Å². The number of hydrogen-bond donors (Lipinski definition) is 1. The molecular weight excluding hydrogens is 134 g/mol. The largest absolute Gasteiger partial charge is 0.383 e. The number of nitrogens with one attached hydrogen (secondary N) is 1. The molecule has 0 aromatic carbocycles. The summed E-state index contributed by atoms with van der Waals surface area (Å²) in [5.74, 6) is 0.777. The van der Waals surface area contributed by atoms with Crippen LogP contribution in [0.1, 0.15) is 40.5 Å². The van der Waals surface area contributed by atoms with Gasteiger partial charge in [-0.05, 0) is 27.2 Å². The molecule has 0 saturated heterocycles. The van der Waals surface area contributed by atoms with E-state index in [1.807, 2.05) is 0 Å².